The largest absolute Gasteiger partial charge is 0.385 e. The third kappa shape index (κ3) is 5.29. The Morgan fingerprint density at radius 1 is 0.905 bits per heavy atom. The summed E-state index contributed by atoms with van der Waals surface area (Å²) >= 11 is 0. The summed E-state index contributed by atoms with van der Waals surface area (Å²) in [5.74, 6) is 0. The minimum atomic E-state index is -0.148. The lowest BCUT2D eigenvalue weighted by Gasteiger charge is -2.06. The molecule has 3 N–H and O–H groups in total. The molecular formula is C17H27N3O. The fourth-order valence-electron chi connectivity index (χ4n) is 2.63. The second kappa shape index (κ2) is 8.55. The highest BCUT2D eigenvalue weighted by molar-refractivity contribution is 5.78. The van der Waals surface area contributed by atoms with Crippen LogP contribution in [-0.2, 0) is 0 Å². The number of hydrogen-bond acceptors (Lipinski definition) is 2. The molecule has 0 aliphatic rings. The van der Waals surface area contributed by atoms with Gasteiger partial charge in [-0.25, -0.2) is 4.79 Å². The highest BCUT2D eigenvalue weighted by atomic mass is 16.1. The Hall–Kier alpha value is -1.71. The molecule has 0 bridgehead atoms. The number of fused-ring (bicyclic) bond motifs is 1. The van der Waals surface area contributed by atoms with Crippen LogP contribution in [0.3, 0.4) is 0 Å². The molecule has 2 rings (SSSR count). The van der Waals surface area contributed by atoms with Crippen LogP contribution < -0.4 is 11.0 Å². The molecule has 21 heavy (non-hydrogen) atoms. The van der Waals surface area contributed by atoms with Gasteiger partial charge in [-0.3, -0.25) is 0 Å². The Kier molecular flexibility index (Phi) is 6.38. The summed E-state index contributed by atoms with van der Waals surface area (Å²) in [5, 5.41) is 3.42. The lowest BCUT2D eigenvalue weighted by Crippen LogP contribution is -2.01. The quantitative estimate of drug-likeness (QED) is 0.567. The molecule has 0 saturated heterocycles. The summed E-state index contributed by atoms with van der Waals surface area (Å²) in [7, 11) is 0. The normalized spacial score (nSPS) is 11.1. The SMILES string of the molecule is CCCCCCCCCCNc1ccc2[nH]c(=O)[nH]c2c1. The van der Waals surface area contributed by atoms with Crippen LogP contribution >= 0.6 is 0 Å². The molecule has 0 aliphatic heterocycles. The van der Waals surface area contributed by atoms with Gasteiger partial charge in [-0.2, -0.15) is 0 Å². The van der Waals surface area contributed by atoms with Crippen LogP contribution in [0.1, 0.15) is 58.3 Å². The summed E-state index contributed by atoms with van der Waals surface area (Å²) in [6.45, 7) is 3.25. The summed E-state index contributed by atoms with van der Waals surface area (Å²) in [6.07, 6.45) is 10.7. The standard InChI is InChI=1S/C17H27N3O/c1-2-3-4-5-6-7-8-9-12-18-14-10-11-15-16(13-14)20-17(21)19-15/h10-11,13,18H,2-9,12H2,1H3,(H2,19,20,21). The van der Waals surface area contributed by atoms with E-state index < -0.39 is 0 Å². The van der Waals surface area contributed by atoms with Crippen molar-refractivity contribution < 1.29 is 0 Å². The van der Waals surface area contributed by atoms with Crippen molar-refractivity contribution in [3.63, 3.8) is 0 Å². The van der Waals surface area contributed by atoms with Crippen molar-refractivity contribution in [1.29, 1.82) is 0 Å². The van der Waals surface area contributed by atoms with Crippen LogP contribution in [0.5, 0.6) is 0 Å². The number of rotatable bonds is 10. The molecule has 0 spiro atoms. The van der Waals surface area contributed by atoms with E-state index in [2.05, 4.69) is 22.2 Å². The second-order valence-electron chi connectivity index (χ2n) is 5.74. The first-order valence-corrected chi connectivity index (χ1v) is 8.25. The van der Waals surface area contributed by atoms with E-state index in [9.17, 15) is 4.79 Å². The van der Waals surface area contributed by atoms with Gasteiger partial charge in [0.1, 0.15) is 0 Å². The molecular weight excluding hydrogens is 262 g/mol. The highest BCUT2D eigenvalue weighted by Crippen LogP contribution is 2.15. The van der Waals surface area contributed by atoms with E-state index in [1.807, 2.05) is 18.2 Å². The van der Waals surface area contributed by atoms with Gasteiger partial charge in [0.05, 0.1) is 11.0 Å². The number of benzene rings is 1. The van der Waals surface area contributed by atoms with E-state index in [1.54, 1.807) is 0 Å². The molecule has 4 nitrogen and oxygen atoms in total. The summed E-state index contributed by atoms with van der Waals surface area (Å²) in [4.78, 5) is 16.7. The Morgan fingerprint density at radius 2 is 1.57 bits per heavy atom. The number of H-pyrrole nitrogens is 2. The smallest absolute Gasteiger partial charge is 0.323 e. The number of nitrogens with one attached hydrogen (secondary N) is 3. The van der Waals surface area contributed by atoms with Crippen molar-refractivity contribution in [2.45, 2.75) is 58.3 Å². The van der Waals surface area contributed by atoms with Crippen molar-refractivity contribution in [3.8, 4) is 0 Å². The predicted molar refractivity (Wildman–Crippen MR) is 90.0 cm³/mol. The third-order valence-corrected chi connectivity index (χ3v) is 3.88. The van der Waals surface area contributed by atoms with Crippen LogP contribution in [0.2, 0.25) is 0 Å². The Bertz CT molecular complexity index is 585. The van der Waals surface area contributed by atoms with Gasteiger partial charge in [-0.15, -0.1) is 0 Å². The lowest BCUT2D eigenvalue weighted by molar-refractivity contribution is 0.581. The Labute approximate surface area is 126 Å². The number of imidazole rings is 1. The molecule has 4 heteroatoms. The van der Waals surface area contributed by atoms with E-state index in [1.165, 1.54) is 51.4 Å². The monoisotopic (exact) mass is 289 g/mol. The van der Waals surface area contributed by atoms with Gasteiger partial charge in [0.2, 0.25) is 0 Å². The molecule has 1 aromatic carbocycles. The van der Waals surface area contributed by atoms with Gasteiger partial charge in [0.25, 0.3) is 0 Å². The number of anilines is 1. The lowest BCUT2D eigenvalue weighted by atomic mass is 10.1. The first-order chi connectivity index (χ1) is 10.3. The summed E-state index contributed by atoms with van der Waals surface area (Å²) in [6, 6.07) is 5.93. The van der Waals surface area contributed by atoms with Crippen LogP contribution in [0, 0.1) is 0 Å². The summed E-state index contributed by atoms with van der Waals surface area (Å²) < 4.78 is 0. The van der Waals surface area contributed by atoms with Crippen LogP contribution in [-0.4, -0.2) is 16.5 Å². The van der Waals surface area contributed by atoms with Crippen molar-refractivity contribution in [1.82, 2.24) is 9.97 Å². The third-order valence-electron chi connectivity index (χ3n) is 3.88. The van der Waals surface area contributed by atoms with Gasteiger partial charge in [0.15, 0.2) is 0 Å². The van der Waals surface area contributed by atoms with E-state index in [0.717, 1.165) is 23.3 Å². The van der Waals surface area contributed by atoms with Crippen LogP contribution in [0.4, 0.5) is 5.69 Å². The topological polar surface area (TPSA) is 60.7 Å². The van der Waals surface area contributed by atoms with Crippen LogP contribution in [0.25, 0.3) is 11.0 Å². The maximum Gasteiger partial charge on any atom is 0.323 e. The van der Waals surface area contributed by atoms with Crippen molar-refractivity contribution in [2.24, 2.45) is 0 Å². The molecule has 116 valence electrons. The zero-order chi connectivity index (χ0) is 14.9. The van der Waals surface area contributed by atoms with Crippen molar-refractivity contribution in [2.75, 3.05) is 11.9 Å². The average molecular weight is 289 g/mol. The van der Waals surface area contributed by atoms with Gasteiger partial charge >= 0.3 is 5.69 Å². The molecule has 1 heterocycles. The zero-order valence-corrected chi connectivity index (χ0v) is 13.0. The maximum atomic E-state index is 11.2. The molecule has 0 unspecified atom stereocenters. The van der Waals surface area contributed by atoms with Crippen molar-refractivity contribution in [3.05, 3.63) is 28.7 Å². The van der Waals surface area contributed by atoms with Crippen molar-refractivity contribution >= 4 is 16.7 Å². The molecule has 0 amide bonds. The first kappa shape index (κ1) is 15.7. The highest BCUT2D eigenvalue weighted by Gasteiger charge is 1.99. The molecule has 0 radical (unpaired) electrons. The van der Waals surface area contributed by atoms with E-state index in [0.29, 0.717) is 0 Å². The fourth-order valence-corrected chi connectivity index (χ4v) is 2.63. The number of hydrogen-bond donors (Lipinski definition) is 3. The zero-order valence-electron chi connectivity index (χ0n) is 13.0. The fraction of sp³-hybridized carbons (Fsp3) is 0.588. The predicted octanol–water partition coefficient (Wildman–Crippen LogP) is 4.41. The Balaban J connectivity index is 1.60. The minimum absolute atomic E-state index is 0.148. The molecule has 1 aromatic heterocycles. The van der Waals surface area contributed by atoms with Gasteiger partial charge in [-0.05, 0) is 24.6 Å². The van der Waals surface area contributed by atoms with E-state index in [-0.39, 0.29) is 5.69 Å². The van der Waals surface area contributed by atoms with Gasteiger partial charge in [0, 0.05) is 12.2 Å². The molecule has 2 aromatic rings. The Morgan fingerprint density at radius 3 is 2.33 bits per heavy atom. The first-order valence-electron chi connectivity index (χ1n) is 8.25. The number of aromatic amines is 2. The second-order valence-corrected chi connectivity index (χ2v) is 5.74. The molecule has 0 atom stereocenters. The molecule has 0 aliphatic carbocycles. The van der Waals surface area contributed by atoms with E-state index >= 15 is 0 Å². The van der Waals surface area contributed by atoms with Crippen LogP contribution in [0.15, 0.2) is 23.0 Å². The number of aromatic nitrogens is 2. The number of unbranched alkanes of at least 4 members (excludes halogenated alkanes) is 7. The maximum absolute atomic E-state index is 11.2. The average Bonchev–Trinajstić information content (AvgIpc) is 2.85. The van der Waals surface area contributed by atoms with E-state index in [4.69, 9.17) is 0 Å². The van der Waals surface area contributed by atoms with Gasteiger partial charge < -0.3 is 15.3 Å². The summed E-state index contributed by atoms with van der Waals surface area (Å²) in [5.41, 5.74) is 2.64. The molecule has 0 saturated carbocycles. The van der Waals surface area contributed by atoms with Gasteiger partial charge in [-0.1, -0.05) is 51.9 Å². The molecule has 0 fully saturated rings. The minimum Gasteiger partial charge on any atom is -0.385 e.